The van der Waals surface area contributed by atoms with E-state index in [-0.39, 0.29) is 6.04 Å². The topological polar surface area (TPSA) is 29.9 Å². The van der Waals surface area contributed by atoms with Crippen molar-refractivity contribution >= 4 is 0 Å². The normalized spacial score (nSPS) is 19.3. The quantitative estimate of drug-likeness (QED) is 0.903. The molecule has 1 N–H and O–H groups in total. The van der Waals surface area contributed by atoms with Crippen LogP contribution in [0.25, 0.3) is 0 Å². The van der Waals surface area contributed by atoms with E-state index in [9.17, 15) is 13.2 Å². The third-order valence-corrected chi connectivity index (χ3v) is 3.41. The van der Waals surface area contributed by atoms with Gasteiger partial charge < -0.3 is 5.32 Å². The number of nitrogens with one attached hydrogen (secondary N) is 1. The van der Waals surface area contributed by atoms with E-state index >= 15 is 0 Å². The van der Waals surface area contributed by atoms with Crippen LogP contribution in [0.15, 0.2) is 12.3 Å². The van der Waals surface area contributed by atoms with Gasteiger partial charge in [0.25, 0.3) is 0 Å². The number of alkyl halides is 3. The first-order chi connectivity index (χ1) is 8.47. The summed E-state index contributed by atoms with van der Waals surface area (Å²) in [6.45, 7) is 2.53. The second-order valence-electron chi connectivity index (χ2n) is 4.92. The molecule has 1 aliphatic carbocycles. The molecular formula is C12H18F3N3. The number of aromatic nitrogens is 2. The summed E-state index contributed by atoms with van der Waals surface area (Å²) in [6, 6.07) is 1.47. The Morgan fingerprint density at radius 2 is 2.11 bits per heavy atom. The molecule has 2 rings (SSSR count). The van der Waals surface area contributed by atoms with E-state index in [1.54, 1.807) is 0 Å². The molecule has 3 nitrogen and oxygen atoms in total. The number of nitrogens with zero attached hydrogens (tertiary/aromatic N) is 2. The van der Waals surface area contributed by atoms with Gasteiger partial charge in [0, 0.05) is 18.8 Å². The van der Waals surface area contributed by atoms with Gasteiger partial charge in [0.05, 0.1) is 6.04 Å². The zero-order valence-corrected chi connectivity index (χ0v) is 10.4. The minimum Gasteiger partial charge on any atom is -0.312 e. The van der Waals surface area contributed by atoms with Crippen LogP contribution in [0.3, 0.4) is 0 Å². The molecule has 6 heteroatoms. The zero-order valence-electron chi connectivity index (χ0n) is 10.4. The lowest BCUT2D eigenvalue weighted by molar-refractivity contribution is -0.141. The van der Waals surface area contributed by atoms with Crippen molar-refractivity contribution in [2.45, 2.75) is 50.9 Å². The Hall–Kier alpha value is -1.04. The number of hydrogen-bond donors (Lipinski definition) is 1. The van der Waals surface area contributed by atoms with Crippen molar-refractivity contribution < 1.29 is 13.2 Å². The van der Waals surface area contributed by atoms with E-state index in [4.69, 9.17) is 0 Å². The van der Waals surface area contributed by atoms with Gasteiger partial charge >= 0.3 is 6.18 Å². The fraction of sp³-hybridized carbons (Fsp3) is 0.750. The van der Waals surface area contributed by atoms with Gasteiger partial charge in [0.15, 0.2) is 5.69 Å². The van der Waals surface area contributed by atoms with E-state index in [2.05, 4.69) is 10.4 Å². The predicted octanol–water partition coefficient (Wildman–Crippen LogP) is 3.00. The lowest BCUT2D eigenvalue weighted by Gasteiger charge is -2.17. The average Bonchev–Trinajstić information content (AvgIpc) is 2.96. The maximum absolute atomic E-state index is 12.4. The van der Waals surface area contributed by atoms with Crippen LogP contribution in [0.2, 0.25) is 0 Å². The summed E-state index contributed by atoms with van der Waals surface area (Å²) in [7, 11) is 0. The molecule has 0 spiro atoms. The Morgan fingerprint density at radius 3 is 2.67 bits per heavy atom. The van der Waals surface area contributed by atoms with Crippen LogP contribution in [0.4, 0.5) is 13.2 Å². The highest BCUT2D eigenvalue weighted by Gasteiger charge is 2.33. The maximum Gasteiger partial charge on any atom is 0.435 e. The molecule has 1 fully saturated rings. The molecule has 18 heavy (non-hydrogen) atoms. The van der Waals surface area contributed by atoms with Crippen LogP contribution >= 0.6 is 0 Å². The number of hydrogen-bond acceptors (Lipinski definition) is 2. The van der Waals surface area contributed by atoms with E-state index in [1.807, 2.05) is 6.92 Å². The largest absolute Gasteiger partial charge is 0.435 e. The second-order valence-corrected chi connectivity index (χ2v) is 4.92. The molecule has 0 aliphatic heterocycles. The van der Waals surface area contributed by atoms with E-state index < -0.39 is 11.9 Å². The van der Waals surface area contributed by atoms with Crippen LogP contribution < -0.4 is 5.32 Å². The fourth-order valence-corrected chi connectivity index (χ4v) is 2.30. The molecule has 0 saturated heterocycles. The van der Waals surface area contributed by atoms with Gasteiger partial charge in [0.2, 0.25) is 0 Å². The van der Waals surface area contributed by atoms with Crippen molar-refractivity contribution in [3.8, 4) is 0 Å². The summed E-state index contributed by atoms with van der Waals surface area (Å²) < 4.78 is 38.6. The molecule has 1 unspecified atom stereocenters. The Balaban J connectivity index is 1.88. The van der Waals surface area contributed by atoms with Crippen molar-refractivity contribution in [2.75, 3.05) is 6.54 Å². The summed E-state index contributed by atoms with van der Waals surface area (Å²) in [4.78, 5) is 0. The number of rotatable bonds is 4. The first-order valence-corrected chi connectivity index (χ1v) is 6.32. The van der Waals surface area contributed by atoms with Crippen LogP contribution in [0.5, 0.6) is 0 Å². The fourth-order valence-electron chi connectivity index (χ4n) is 2.30. The van der Waals surface area contributed by atoms with E-state index in [1.165, 1.54) is 36.6 Å². The summed E-state index contributed by atoms with van der Waals surface area (Å²) in [5.74, 6) is 0. The minimum absolute atomic E-state index is 0.0679. The monoisotopic (exact) mass is 261 g/mol. The Morgan fingerprint density at radius 1 is 1.44 bits per heavy atom. The molecule has 0 aromatic carbocycles. The third-order valence-electron chi connectivity index (χ3n) is 3.41. The van der Waals surface area contributed by atoms with Gasteiger partial charge in [-0.05, 0) is 25.8 Å². The van der Waals surface area contributed by atoms with Gasteiger partial charge in [-0.3, -0.25) is 4.68 Å². The zero-order chi connectivity index (χ0) is 13.2. The maximum atomic E-state index is 12.4. The molecular weight excluding hydrogens is 243 g/mol. The summed E-state index contributed by atoms with van der Waals surface area (Å²) in [6.07, 6.45) is 1.85. The van der Waals surface area contributed by atoms with Gasteiger partial charge in [-0.1, -0.05) is 12.8 Å². The van der Waals surface area contributed by atoms with Crippen LogP contribution in [0.1, 0.15) is 44.3 Å². The van der Waals surface area contributed by atoms with Gasteiger partial charge in [-0.2, -0.15) is 18.3 Å². The molecule has 102 valence electrons. The van der Waals surface area contributed by atoms with E-state index in [0.29, 0.717) is 12.6 Å². The van der Waals surface area contributed by atoms with Crippen molar-refractivity contribution in [3.05, 3.63) is 18.0 Å². The molecule has 0 amide bonds. The molecule has 1 heterocycles. The Kier molecular flexibility index (Phi) is 3.94. The van der Waals surface area contributed by atoms with Crippen LogP contribution in [-0.4, -0.2) is 22.4 Å². The SMILES string of the molecule is CC(CNC1CCCC1)n1ccc(C(F)(F)F)n1. The Bertz CT molecular complexity index is 380. The first-order valence-electron chi connectivity index (χ1n) is 6.32. The predicted molar refractivity (Wildman–Crippen MR) is 62.2 cm³/mol. The van der Waals surface area contributed by atoms with Crippen molar-refractivity contribution in [1.82, 2.24) is 15.1 Å². The molecule has 0 radical (unpaired) electrons. The molecule has 0 bridgehead atoms. The van der Waals surface area contributed by atoms with Gasteiger partial charge in [-0.15, -0.1) is 0 Å². The van der Waals surface area contributed by atoms with E-state index in [0.717, 1.165) is 6.07 Å². The molecule has 1 aromatic rings. The highest BCUT2D eigenvalue weighted by molar-refractivity contribution is 5.03. The van der Waals surface area contributed by atoms with Crippen molar-refractivity contribution in [2.24, 2.45) is 0 Å². The van der Waals surface area contributed by atoms with Crippen molar-refractivity contribution in [1.29, 1.82) is 0 Å². The van der Waals surface area contributed by atoms with Crippen molar-refractivity contribution in [3.63, 3.8) is 0 Å². The lowest BCUT2D eigenvalue weighted by atomic mass is 10.2. The van der Waals surface area contributed by atoms with Crippen LogP contribution in [-0.2, 0) is 6.18 Å². The average molecular weight is 261 g/mol. The van der Waals surface area contributed by atoms with Crippen LogP contribution in [0, 0.1) is 0 Å². The summed E-state index contributed by atoms with van der Waals surface area (Å²) in [5, 5.41) is 6.96. The molecule has 1 saturated carbocycles. The number of halogens is 3. The highest BCUT2D eigenvalue weighted by Crippen LogP contribution is 2.27. The summed E-state index contributed by atoms with van der Waals surface area (Å²) >= 11 is 0. The van der Waals surface area contributed by atoms with Gasteiger partial charge in [-0.25, -0.2) is 0 Å². The second kappa shape index (κ2) is 5.30. The standard InChI is InChI=1S/C12H18F3N3/c1-9(8-16-10-4-2-3-5-10)18-7-6-11(17-18)12(13,14)15/h6-7,9-10,16H,2-5,8H2,1H3. The lowest BCUT2D eigenvalue weighted by Crippen LogP contribution is -2.31. The van der Waals surface area contributed by atoms with Gasteiger partial charge in [0.1, 0.15) is 0 Å². The molecule has 1 atom stereocenters. The summed E-state index contributed by atoms with van der Waals surface area (Å²) in [5.41, 5.74) is -0.824. The highest BCUT2D eigenvalue weighted by atomic mass is 19.4. The minimum atomic E-state index is -4.36. The molecule has 1 aliphatic rings. The Labute approximate surface area is 104 Å². The third kappa shape index (κ3) is 3.25. The molecule has 1 aromatic heterocycles. The first kappa shape index (κ1) is 13.4. The smallest absolute Gasteiger partial charge is 0.312 e.